The Kier molecular flexibility index (Phi) is 5.32. The number of carbonyl (C=O) groups excluding carboxylic acids is 2. The summed E-state index contributed by atoms with van der Waals surface area (Å²) in [6, 6.07) is 7.47. The topological polar surface area (TPSA) is 91.3 Å². The molecule has 8 nitrogen and oxygen atoms in total. The zero-order valence-corrected chi connectivity index (χ0v) is 18.3. The van der Waals surface area contributed by atoms with Crippen LogP contribution in [0.25, 0.3) is 5.69 Å². The average molecular weight is 449 g/mol. The lowest BCUT2D eigenvalue weighted by molar-refractivity contribution is -0.129. The number of H-pyrrole nitrogens is 1. The highest BCUT2D eigenvalue weighted by Crippen LogP contribution is 2.28. The van der Waals surface area contributed by atoms with Gasteiger partial charge in [-0.3, -0.25) is 24.0 Å². The molecular formula is C24H24FN5O3. The van der Waals surface area contributed by atoms with Gasteiger partial charge >= 0.3 is 0 Å². The van der Waals surface area contributed by atoms with Crippen molar-refractivity contribution in [1.82, 2.24) is 24.6 Å². The maximum absolute atomic E-state index is 13.7. The van der Waals surface area contributed by atoms with Crippen molar-refractivity contribution in [2.75, 3.05) is 19.6 Å². The molecule has 0 bridgehead atoms. The minimum atomic E-state index is -0.424. The standard InChI is InChI=1S/C24H24FN5O3/c1-15(31)28-11-8-20-17(13-28)14-30(19-4-2-18(25)3-5-19)24(33)22(20)23(32)29-10-7-16(12-29)21-6-9-26-27-21/h2-6,9,14,16H,7-8,10-13H2,1H3,(H,26,27). The van der Waals surface area contributed by atoms with Crippen LogP contribution in [-0.4, -0.2) is 56.0 Å². The molecule has 2 aromatic heterocycles. The second-order valence-electron chi connectivity index (χ2n) is 8.60. The number of hydrogen-bond donors (Lipinski definition) is 1. The molecule has 1 aromatic carbocycles. The Morgan fingerprint density at radius 1 is 1.12 bits per heavy atom. The van der Waals surface area contributed by atoms with E-state index in [1.165, 1.54) is 35.8 Å². The molecule has 0 saturated carbocycles. The first-order valence-electron chi connectivity index (χ1n) is 11.0. The number of aromatic nitrogens is 3. The maximum atomic E-state index is 13.7. The van der Waals surface area contributed by atoms with E-state index in [0.29, 0.717) is 43.9 Å². The van der Waals surface area contributed by atoms with Crippen LogP contribution in [0.5, 0.6) is 0 Å². The Labute approximate surface area is 189 Å². The summed E-state index contributed by atoms with van der Waals surface area (Å²) in [4.78, 5) is 42.6. The van der Waals surface area contributed by atoms with Crippen LogP contribution >= 0.6 is 0 Å². The number of fused-ring (bicyclic) bond motifs is 1. The Morgan fingerprint density at radius 3 is 2.61 bits per heavy atom. The van der Waals surface area contributed by atoms with Crippen molar-refractivity contribution in [3.8, 4) is 5.69 Å². The van der Waals surface area contributed by atoms with Gasteiger partial charge in [0.05, 0.1) is 0 Å². The number of hydrogen-bond acceptors (Lipinski definition) is 4. The largest absolute Gasteiger partial charge is 0.338 e. The number of aromatic amines is 1. The number of amides is 2. The summed E-state index contributed by atoms with van der Waals surface area (Å²) < 4.78 is 14.9. The van der Waals surface area contributed by atoms with E-state index in [0.717, 1.165) is 17.7 Å². The second-order valence-corrected chi connectivity index (χ2v) is 8.60. The fraction of sp³-hybridized carbons (Fsp3) is 0.333. The van der Waals surface area contributed by atoms with Crippen LogP contribution in [0, 0.1) is 5.82 Å². The summed E-state index contributed by atoms with van der Waals surface area (Å²) in [6.07, 6.45) is 4.59. The number of nitrogens with one attached hydrogen (secondary N) is 1. The molecule has 170 valence electrons. The third-order valence-electron chi connectivity index (χ3n) is 6.60. The van der Waals surface area contributed by atoms with E-state index in [1.54, 1.807) is 22.2 Å². The molecule has 4 heterocycles. The average Bonchev–Trinajstić information content (AvgIpc) is 3.51. The van der Waals surface area contributed by atoms with E-state index in [4.69, 9.17) is 0 Å². The van der Waals surface area contributed by atoms with E-state index < -0.39 is 11.4 Å². The quantitative estimate of drug-likeness (QED) is 0.664. The van der Waals surface area contributed by atoms with Gasteiger partial charge in [0.1, 0.15) is 11.4 Å². The molecule has 0 spiro atoms. The molecule has 3 aromatic rings. The van der Waals surface area contributed by atoms with Crippen molar-refractivity contribution >= 4 is 11.8 Å². The van der Waals surface area contributed by atoms with Crippen LogP contribution in [-0.2, 0) is 17.8 Å². The predicted molar refractivity (Wildman–Crippen MR) is 119 cm³/mol. The van der Waals surface area contributed by atoms with Gasteiger partial charge < -0.3 is 9.80 Å². The minimum absolute atomic E-state index is 0.0602. The summed E-state index contributed by atoms with van der Waals surface area (Å²) in [5, 5.41) is 6.97. The van der Waals surface area contributed by atoms with Crippen molar-refractivity contribution in [1.29, 1.82) is 0 Å². The lowest BCUT2D eigenvalue weighted by atomic mass is 9.95. The second kappa shape index (κ2) is 8.31. The number of likely N-dealkylation sites (tertiary alicyclic amines) is 1. The highest BCUT2D eigenvalue weighted by atomic mass is 19.1. The number of benzene rings is 1. The van der Waals surface area contributed by atoms with Gasteiger partial charge in [0.25, 0.3) is 11.5 Å². The lowest BCUT2D eigenvalue weighted by Crippen LogP contribution is -2.41. The van der Waals surface area contributed by atoms with Gasteiger partial charge in [-0.15, -0.1) is 0 Å². The van der Waals surface area contributed by atoms with Crippen LogP contribution in [0.1, 0.15) is 46.4 Å². The molecule has 1 unspecified atom stereocenters. The first-order chi connectivity index (χ1) is 15.9. The molecule has 2 amide bonds. The fourth-order valence-corrected chi connectivity index (χ4v) is 4.79. The lowest BCUT2D eigenvalue weighted by Gasteiger charge is -2.30. The molecule has 2 aliphatic rings. The molecule has 1 saturated heterocycles. The molecule has 1 fully saturated rings. The summed E-state index contributed by atoms with van der Waals surface area (Å²) in [5.74, 6) is -0.629. The van der Waals surface area contributed by atoms with Crippen molar-refractivity contribution in [3.63, 3.8) is 0 Å². The first-order valence-corrected chi connectivity index (χ1v) is 11.0. The van der Waals surface area contributed by atoms with Crippen LogP contribution < -0.4 is 5.56 Å². The molecule has 2 aliphatic heterocycles. The van der Waals surface area contributed by atoms with E-state index in [9.17, 15) is 18.8 Å². The van der Waals surface area contributed by atoms with Gasteiger partial charge in [0.15, 0.2) is 0 Å². The van der Waals surface area contributed by atoms with E-state index in [1.807, 2.05) is 6.07 Å². The van der Waals surface area contributed by atoms with Gasteiger partial charge in [-0.2, -0.15) is 5.10 Å². The Morgan fingerprint density at radius 2 is 1.91 bits per heavy atom. The van der Waals surface area contributed by atoms with Crippen molar-refractivity contribution in [2.45, 2.75) is 32.2 Å². The van der Waals surface area contributed by atoms with Gasteiger partial charge in [-0.25, -0.2) is 4.39 Å². The number of rotatable bonds is 3. The molecule has 0 aliphatic carbocycles. The molecule has 33 heavy (non-hydrogen) atoms. The summed E-state index contributed by atoms with van der Waals surface area (Å²) >= 11 is 0. The summed E-state index contributed by atoms with van der Waals surface area (Å²) in [6.45, 7) is 3.33. The third kappa shape index (κ3) is 3.83. The van der Waals surface area contributed by atoms with E-state index in [-0.39, 0.29) is 23.3 Å². The Bertz CT molecular complexity index is 1270. The zero-order valence-electron chi connectivity index (χ0n) is 18.3. The molecule has 1 atom stereocenters. The van der Waals surface area contributed by atoms with Crippen LogP contribution in [0.2, 0.25) is 0 Å². The first kappa shape index (κ1) is 21.1. The SMILES string of the molecule is CC(=O)N1CCc2c(cn(-c3ccc(F)cc3)c(=O)c2C(=O)N2CCC(c3ccn[nH]3)C2)C1. The third-order valence-corrected chi connectivity index (χ3v) is 6.60. The van der Waals surface area contributed by atoms with Gasteiger partial charge in [0, 0.05) is 62.8 Å². The molecule has 1 N–H and O–H groups in total. The Balaban J connectivity index is 1.57. The highest BCUT2D eigenvalue weighted by Gasteiger charge is 2.34. The van der Waals surface area contributed by atoms with E-state index >= 15 is 0 Å². The van der Waals surface area contributed by atoms with E-state index in [2.05, 4.69) is 10.2 Å². The monoisotopic (exact) mass is 449 g/mol. The molecule has 5 rings (SSSR count). The summed E-state index contributed by atoms with van der Waals surface area (Å²) in [5.41, 5.74) is 2.62. The minimum Gasteiger partial charge on any atom is -0.338 e. The smallest absolute Gasteiger partial charge is 0.268 e. The fourth-order valence-electron chi connectivity index (χ4n) is 4.79. The zero-order chi connectivity index (χ0) is 23.1. The number of halogens is 1. The van der Waals surface area contributed by atoms with Crippen molar-refractivity contribution in [2.24, 2.45) is 0 Å². The van der Waals surface area contributed by atoms with Gasteiger partial charge in [-0.1, -0.05) is 0 Å². The van der Waals surface area contributed by atoms with Crippen LogP contribution in [0.15, 0.2) is 47.5 Å². The van der Waals surface area contributed by atoms with Gasteiger partial charge in [0.2, 0.25) is 5.91 Å². The Hall–Kier alpha value is -3.75. The number of nitrogens with zero attached hydrogens (tertiary/aromatic N) is 4. The van der Waals surface area contributed by atoms with Crippen LogP contribution in [0.3, 0.4) is 0 Å². The van der Waals surface area contributed by atoms with Crippen molar-refractivity contribution in [3.05, 3.63) is 81.3 Å². The normalized spacial score (nSPS) is 17.8. The highest BCUT2D eigenvalue weighted by molar-refractivity contribution is 5.96. The maximum Gasteiger partial charge on any atom is 0.268 e. The molecule has 9 heteroatoms. The summed E-state index contributed by atoms with van der Waals surface area (Å²) in [7, 11) is 0. The predicted octanol–water partition coefficient (Wildman–Crippen LogP) is 2.23. The van der Waals surface area contributed by atoms with Crippen LogP contribution in [0.4, 0.5) is 4.39 Å². The molecule has 0 radical (unpaired) electrons. The number of carbonyl (C=O) groups is 2. The molecular weight excluding hydrogens is 425 g/mol. The number of pyridine rings is 1. The van der Waals surface area contributed by atoms with Crippen molar-refractivity contribution < 1.29 is 14.0 Å². The van der Waals surface area contributed by atoms with Gasteiger partial charge in [-0.05, 0) is 54.3 Å².